The van der Waals surface area contributed by atoms with Gasteiger partial charge < -0.3 is 10.1 Å². The zero-order chi connectivity index (χ0) is 15.2. The third-order valence-corrected chi connectivity index (χ3v) is 3.20. The van der Waals surface area contributed by atoms with Crippen LogP contribution < -0.4 is 10.1 Å². The van der Waals surface area contributed by atoms with Gasteiger partial charge in [0.1, 0.15) is 5.75 Å². The predicted octanol–water partition coefficient (Wildman–Crippen LogP) is 2.85. The van der Waals surface area contributed by atoms with E-state index in [4.69, 9.17) is 4.74 Å². The SMILES string of the molecule is COc1ccc([N+](=O)[O-])cc1CN[C@@H](C)c1ccccn1. The summed E-state index contributed by atoms with van der Waals surface area (Å²) in [7, 11) is 1.55. The molecular formula is C15H17N3O3. The van der Waals surface area contributed by atoms with Crippen LogP contribution in [0.4, 0.5) is 5.69 Å². The van der Waals surface area contributed by atoms with Crippen LogP contribution >= 0.6 is 0 Å². The first kappa shape index (κ1) is 14.9. The van der Waals surface area contributed by atoms with Crippen LogP contribution in [0.15, 0.2) is 42.6 Å². The number of methoxy groups -OCH3 is 1. The maximum atomic E-state index is 10.8. The summed E-state index contributed by atoms with van der Waals surface area (Å²) in [4.78, 5) is 14.7. The number of rotatable bonds is 6. The van der Waals surface area contributed by atoms with Crippen LogP contribution in [-0.4, -0.2) is 17.0 Å². The van der Waals surface area contributed by atoms with E-state index in [1.165, 1.54) is 12.1 Å². The summed E-state index contributed by atoms with van der Waals surface area (Å²) in [6.07, 6.45) is 1.74. The Hall–Kier alpha value is -2.47. The van der Waals surface area contributed by atoms with Gasteiger partial charge in [-0.15, -0.1) is 0 Å². The van der Waals surface area contributed by atoms with E-state index < -0.39 is 4.92 Å². The van der Waals surface area contributed by atoms with Crippen molar-refractivity contribution in [1.29, 1.82) is 0 Å². The van der Waals surface area contributed by atoms with Crippen molar-refractivity contribution in [1.82, 2.24) is 10.3 Å². The van der Waals surface area contributed by atoms with Gasteiger partial charge in [-0.05, 0) is 25.1 Å². The summed E-state index contributed by atoms with van der Waals surface area (Å²) in [6, 6.07) is 10.3. The van der Waals surface area contributed by atoms with Crippen LogP contribution in [0.5, 0.6) is 5.75 Å². The van der Waals surface area contributed by atoms with Gasteiger partial charge >= 0.3 is 0 Å². The first-order valence-electron chi connectivity index (χ1n) is 6.57. The lowest BCUT2D eigenvalue weighted by molar-refractivity contribution is -0.384. The molecule has 1 aromatic heterocycles. The molecule has 0 unspecified atom stereocenters. The molecule has 6 nitrogen and oxygen atoms in total. The highest BCUT2D eigenvalue weighted by Gasteiger charge is 2.13. The van der Waals surface area contributed by atoms with Gasteiger partial charge in [0, 0.05) is 36.5 Å². The maximum absolute atomic E-state index is 10.8. The van der Waals surface area contributed by atoms with Crippen LogP contribution in [0.2, 0.25) is 0 Å². The van der Waals surface area contributed by atoms with Gasteiger partial charge in [-0.2, -0.15) is 0 Å². The van der Waals surface area contributed by atoms with E-state index in [9.17, 15) is 10.1 Å². The van der Waals surface area contributed by atoms with Crippen LogP contribution in [0.1, 0.15) is 24.2 Å². The molecule has 0 bridgehead atoms. The minimum atomic E-state index is -0.412. The zero-order valence-corrected chi connectivity index (χ0v) is 11.9. The average molecular weight is 287 g/mol. The average Bonchev–Trinajstić information content (AvgIpc) is 2.53. The van der Waals surface area contributed by atoms with Crippen molar-refractivity contribution in [3.05, 3.63) is 64.0 Å². The van der Waals surface area contributed by atoms with Gasteiger partial charge in [-0.1, -0.05) is 6.07 Å². The van der Waals surface area contributed by atoms with E-state index in [1.54, 1.807) is 19.4 Å². The molecule has 1 aromatic carbocycles. The van der Waals surface area contributed by atoms with Crippen LogP contribution in [0, 0.1) is 10.1 Å². The Labute approximate surface area is 122 Å². The van der Waals surface area contributed by atoms with Crippen molar-refractivity contribution in [2.24, 2.45) is 0 Å². The largest absolute Gasteiger partial charge is 0.496 e. The molecule has 0 aliphatic carbocycles. The molecule has 1 heterocycles. The molecule has 1 atom stereocenters. The molecule has 0 aliphatic rings. The van der Waals surface area contributed by atoms with Gasteiger partial charge in [0.25, 0.3) is 5.69 Å². The highest BCUT2D eigenvalue weighted by Crippen LogP contribution is 2.24. The second kappa shape index (κ2) is 6.81. The summed E-state index contributed by atoms with van der Waals surface area (Å²) in [6.45, 7) is 2.45. The molecule has 2 aromatic rings. The standard InChI is InChI=1S/C15H17N3O3/c1-11(14-5-3-4-8-16-14)17-10-12-9-13(18(19)20)6-7-15(12)21-2/h3-9,11,17H,10H2,1-2H3/t11-/m0/s1. The zero-order valence-electron chi connectivity index (χ0n) is 11.9. The van der Waals surface area contributed by atoms with Crippen LogP contribution in [-0.2, 0) is 6.54 Å². The highest BCUT2D eigenvalue weighted by molar-refractivity contribution is 5.43. The Morgan fingerprint density at radius 3 is 2.81 bits per heavy atom. The van der Waals surface area contributed by atoms with Gasteiger partial charge in [0.05, 0.1) is 17.7 Å². The summed E-state index contributed by atoms with van der Waals surface area (Å²) in [5.41, 5.74) is 1.72. The monoisotopic (exact) mass is 287 g/mol. The van der Waals surface area contributed by atoms with Crippen LogP contribution in [0.3, 0.4) is 0 Å². The first-order chi connectivity index (χ1) is 10.1. The maximum Gasteiger partial charge on any atom is 0.270 e. The fraction of sp³-hybridized carbons (Fsp3) is 0.267. The Morgan fingerprint density at radius 2 is 2.19 bits per heavy atom. The number of non-ortho nitro benzene ring substituents is 1. The van der Waals surface area contributed by atoms with Crippen molar-refractivity contribution in [3.63, 3.8) is 0 Å². The molecule has 0 spiro atoms. The Morgan fingerprint density at radius 1 is 1.38 bits per heavy atom. The van der Waals surface area contributed by atoms with E-state index in [2.05, 4.69) is 10.3 Å². The lowest BCUT2D eigenvalue weighted by atomic mass is 10.1. The van der Waals surface area contributed by atoms with E-state index in [1.807, 2.05) is 25.1 Å². The number of nitro groups is 1. The normalized spacial score (nSPS) is 11.9. The van der Waals surface area contributed by atoms with E-state index in [0.717, 1.165) is 11.3 Å². The minimum Gasteiger partial charge on any atom is -0.496 e. The Kier molecular flexibility index (Phi) is 4.84. The van der Waals surface area contributed by atoms with Gasteiger partial charge in [0.2, 0.25) is 0 Å². The van der Waals surface area contributed by atoms with Gasteiger partial charge in [-0.3, -0.25) is 15.1 Å². The number of hydrogen-bond acceptors (Lipinski definition) is 5. The second-order valence-electron chi connectivity index (χ2n) is 4.61. The number of nitro benzene ring substituents is 1. The molecule has 0 saturated carbocycles. The Bertz CT molecular complexity index is 617. The lowest BCUT2D eigenvalue weighted by Crippen LogP contribution is -2.19. The number of pyridine rings is 1. The van der Waals surface area contributed by atoms with Crippen molar-refractivity contribution in [2.75, 3.05) is 7.11 Å². The fourth-order valence-electron chi connectivity index (χ4n) is 2.02. The third-order valence-electron chi connectivity index (χ3n) is 3.20. The van der Waals surface area contributed by atoms with Crippen molar-refractivity contribution >= 4 is 5.69 Å². The molecular weight excluding hydrogens is 270 g/mol. The number of hydrogen-bond donors (Lipinski definition) is 1. The van der Waals surface area contributed by atoms with Gasteiger partial charge in [0.15, 0.2) is 0 Å². The fourth-order valence-corrected chi connectivity index (χ4v) is 2.02. The number of aromatic nitrogens is 1. The van der Waals surface area contributed by atoms with E-state index >= 15 is 0 Å². The summed E-state index contributed by atoms with van der Waals surface area (Å²) < 4.78 is 5.24. The summed E-state index contributed by atoms with van der Waals surface area (Å²) in [5, 5.41) is 14.1. The molecule has 1 N–H and O–H groups in total. The molecule has 0 amide bonds. The van der Waals surface area contributed by atoms with Crippen molar-refractivity contribution in [3.8, 4) is 5.75 Å². The molecule has 0 saturated heterocycles. The number of nitrogens with one attached hydrogen (secondary N) is 1. The smallest absolute Gasteiger partial charge is 0.270 e. The van der Waals surface area contributed by atoms with E-state index in [0.29, 0.717) is 12.3 Å². The second-order valence-corrected chi connectivity index (χ2v) is 4.61. The number of nitrogens with zero attached hydrogens (tertiary/aromatic N) is 2. The summed E-state index contributed by atoms with van der Waals surface area (Å²) >= 11 is 0. The number of benzene rings is 1. The molecule has 0 aliphatic heterocycles. The molecule has 0 fully saturated rings. The molecule has 2 rings (SSSR count). The molecule has 21 heavy (non-hydrogen) atoms. The quantitative estimate of drug-likeness (QED) is 0.653. The van der Waals surface area contributed by atoms with Crippen LogP contribution in [0.25, 0.3) is 0 Å². The third kappa shape index (κ3) is 3.76. The topological polar surface area (TPSA) is 77.3 Å². The predicted molar refractivity (Wildman–Crippen MR) is 79.1 cm³/mol. The minimum absolute atomic E-state index is 0.0372. The summed E-state index contributed by atoms with van der Waals surface area (Å²) in [5.74, 6) is 0.626. The molecule has 110 valence electrons. The Balaban J connectivity index is 2.11. The van der Waals surface area contributed by atoms with E-state index in [-0.39, 0.29) is 11.7 Å². The molecule has 6 heteroatoms. The molecule has 0 radical (unpaired) electrons. The first-order valence-corrected chi connectivity index (χ1v) is 6.57. The van der Waals surface area contributed by atoms with Gasteiger partial charge in [-0.25, -0.2) is 0 Å². The lowest BCUT2D eigenvalue weighted by Gasteiger charge is -2.14. The van der Waals surface area contributed by atoms with Crippen molar-refractivity contribution in [2.45, 2.75) is 19.5 Å². The van der Waals surface area contributed by atoms with Crippen molar-refractivity contribution < 1.29 is 9.66 Å². The number of ether oxygens (including phenoxy) is 1. The highest BCUT2D eigenvalue weighted by atomic mass is 16.6.